The van der Waals surface area contributed by atoms with E-state index in [0.29, 0.717) is 18.9 Å². The standard InChI is InChI=1S/C27H30N2O2/c1-18-7-14-25(26(30)28-18)29-17-23-16-22(12-13-24(23)27(29)31)21-10-8-20(9-11-21)15-19-5-3-2-4-6-19/h2-6,12-13,16,20-21,25H,1,7-11,14-15,17H2,(H,28,30). The monoisotopic (exact) mass is 414 g/mol. The molecule has 2 aromatic carbocycles. The zero-order chi connectivity index (χ0) is 21.4. The molecule has 5 rings (SSSR count). The summed E-state index contributed by atoms with van der Waals surface area (Å²) in [5.74, 6) is 1.22. The zero-order valence-electron chi connectivity index (χ0n) is 18.0. The van der Waals surface area contributed by atoms with E-state index in [1.165, 1.54) is 43.2 Å². The first-order valence-corrected chi connectivity index (χ1v) is 11.5. The highest BCUT2D eigenvalue weighted by Gasteiger charge is 2.38. The Bertz CT molecular complexity index is 1010. The third-order valence-corrected chi connectivity index (χ3v) is 7.35. The number of fused-ring (bicyclic) bond motifs is 1. The topological polar surface area (TPSA) is 49.4 Å². The summed E-state index contributed by atoms with van der Waals surface area (Å²) in [6.45, 7) is 4.38. The molecule has 0 radical (unpaired) electrons. The van der Waals surface area contributed by atoms with Gasteiger partial charge < -0.3 is 10.2 Å². The van der Waals surface area contributed by atoms with Gasteiger partial charge in [-0.15, -0.1) is 0 Å². The number of allylic oxidation sites excluding steroid dienone is 1. The summed E-state index contributed by atoms with van der Waals surface area (Å²) in [4.78, 5) is 27.1. The van der Waals surface area contributed by atoms with Crippen molar-refractivity contribution in [3.05, 3.63) is 83.1 Å². The lowest BCUT2D eigenvalue weighted by molar-refractivity contribution is -0.126. The van der Waals surface area contributed by atoms with Crippen molar-refractivity contribution in [2.45, 2.75) is 63.5 Å². The number of benzene rings is 2. The van der Waals surface area contributed by atoms with E-state index in [9.17, 15) is 9.59 Å². The Kier molecular flexibility index (Phi) is 5.39. The molecule has 0 aromatic heterocycles. The molecule has 1 saturated carbocycles. The first kappa shape index (κ1) is 20.0. The minimum Gasteiger partial charge on any atom is -0.329 e. The van der Waals surface area contributed by atoms with Gasteiger partial charge in [-0.05, 0) is 79.5 Å². The SMILES string of the molecule is C=C1CCC(N2Cc3cc(C4CCC(Cc5ccccc5)CC4)ccc3C2=O)C(=O)N1. The van der Waals surface area contributed by atoms with Crippen LogP contribution in [0.5, 0.6) is 0 Å². The van der Waals surface area contributed by atoms with Gasteiger partial charge in [-0.3, -0.25) is 9.59 Å². The maximum atomic E-state index is 13.0. The molecule has 160 valence electrons. The summed E-state index contributed by atoms with van der Waals surface area (Å²) in [5, 5.41) is 2.81. The zero-order valence-corrected chi connectivity index (χ0v) is 18.0. The molecule has 1 aliphatic carbocycles. The van der Waals surface area contributed by atoms with Crippen LogP contribution in [0.1, 0.15) is 71.5 Å². The van der Waals surface area contributed by atoms with Crippen molar-refractivity contribution in [3.63, 3.8) is 0 Å². The van der Waals surface area contributed by atoms with Crippen LogP contribution in [-0.4, -0.2) is 22.8 Å². The fourth-order valence-corrected chi connectivity index (χ4v) is 5.58. The van der Waals surface area contributed by atoms with Crippen LogP contribution in [0.3, 0.4) is 0 Å². The van der Waals surface area contributed by atoms with E-state index in [1.54, 1.807) is 4.90 Å². The first-order valence-electron chi connectivity index (χ1n) is 11.5. The Morgan fingerprint density at radius 3 is 2.48 bits per heavy atom. The predicted molar refractivity (Wildman–Crippen MR) is 121 cm³/mol. The van der Waals surface area contributed by atoms with Crippen LogP contribution in [0.25, 0.3) is 0 Å². The molecule has 4 nitrogen and oxygen atoms in total. The van der Waals surface area contributed by atoms with Crippen molar-refractivity contribution in [1.29, 1.82) is 0 Å². The van der Waals surface area contributed by atoms with Gasteiger partial charge in [0.15, 0.2) is 0 Å². The molecule has 0 spiro atoms. The largest absolute Gasteiger partial charge is 0.329 e. The van der Waals surface area contributed by atoms with Crippen LogP contribution in [0, 0.1) is 5.92 Å². The lowest BCUT2D eigenvalue weighted by atomic mass is 9.76. The van der Waals surface area contributed by atoms with Gasteiger partial charge in [-0.25, -0.2) is 0 Å². The average molecular weight is 415 g/mol. The Labute approximate surface area is 184 Å². The van der Waals surface area contributed by atoms with E-state index >= 15 is 0 Å². The molecule has 0 bridgehead atoms. The molecule has 31 heavy (non-hydrogen) atoms. The highest BCUT2D eigenvalue weighted by molar-refractivity contribution is 6.01. The smallest absolute Gasteiger partial charge is 0.255 e. The summed E-state index contributed by atoms with van der Waals surface area (Å²) in [5.41, 5.74) is 5.38. The molecule has 2 fully saturated rings. The van der Waals surface area contributed by atoms with Crippen molar-refractivity contribution < 1.29 is 9.59 Å². The van der Waals surface area contributed by atoms with Crippen LogP contribution < -0.4 is 5.32 Å². The minimum absolute atomic E-state index is 0.0132. The van der Waals surface area contributed by atoms with Gasteiger partial charge in [0.1, 0.15) is 6.04 Å². The minimum atomic E-state index is -0.387. The highest BCUT2D eigenvalue weighted by Crippen LogP contribution is 2.39. The van der Waals surface area contributed by atoms with Crippen LogP contribution >= 0.6 is 0 Å². The van der Waals surface area contributed by atoms with Crippen LogP contribution in [0.4, 0.5) is 0 Å². The Morgan fingerprint density at radius 1 is 0.968 bits per heavy atom. The number of hydrogen-bond acceptors (Lipinski definition) is 2. The third kappa shape index (κ3) is 4.04. The molecule has 2 heterocycles. The molecule has 1 N–H and O–H groups in total. The molecule has 1 atom stereocenters. The predicted octanol–water partition coefficient (Wildman–Crippen LogP) is 4.95. The molecule has 1 unspecified atom stereocenters. The summed E-state index contributed by atoms with van der Waals surface area (Å²) < 4.78 is 0. The van der Waals surface area contributed by atoms with Crippen molar-refractivity contribution in [2.24, 2.45) is 5.92 Å². The molecule has 3 aliphatic rings. The fraction of sp³-hybridized carbons (Fsp3) is 0.407. The van der Waals surface area contributed by atoms with Gasteiger partial charge in [0.2, 0.25) is 5.91 Å². The summed E-state index contributed by atoms with van der Waals surface area (Å²) in [6, 6.07) is 16.8. The van der Waals surface area contributed by atoms with Crippen LogP contribution in [-0.2, 0) is 17.8 Å². The molecule has 2 aliphatic heterocycles. The fourth-order valence-electron chi connectivity index (χ4n) is 5.58. The van der Waals surface area contributed by atoms with E-state index < -0.39 is 0 Å². The second kappa shape index (κ2) is 8.33. The van der Waals surface area contributed by atoms with Gasteiger partial charge in [-0.2, -0.15) is 0 Å². The van der Waals surface area contributed by atoms with Crippen molar-refractivity contribution in [3.8, 4) is 0 Å². The molecular formula is C27H30N2O2. The highest BCUT2D eigenvalue weighted by atomic mass is 16.2. The third-order valence-electron chi connectivity index (χ3n) is 7.35. The summed E-state index contributed by atoms with van der Waals surface area (Å²) >= 11 is 0. The second-order valence-corrected chi connectivity index (χ2v) is 9.40. The van der Waals surface area contributed by atoms with Crippen molar-refractivity contribution in [1.82, 2.24) is 10.2 Å². The lowest BCUT2D eigenvalue weighted by Gasteiger charge is -2.31. The van der Waals surface area contributed by atoms with E-state index in [4.69, 9.17) is 0 Å². The Morgan fingerprint density at radius 2 is 1.74 bits per heavy atom. The van der Waals surface area contributed by atoms with E-state index in [2.05, 4.69) is 54.4 Å². The normalized spacial score (nSPS) is 26.0. The van der Waals surface area contributed by atoms with Crippen LogP contribution in [0.15, 0.2) is 60.8 Å². The maximum Gasteiger partial charge on any atom is 0.255 e. The van der Waals surface area contributed by atoms with Crippen molar-refractivity contribution in [2.75, 3.05) is 0 Å². The quantitative estimate of drug-likeness (QED) is 0.769. The molecular weight excluding hydrogens is 384 g/mol. The number of carbonyl (C=O) groups excluding carboxylic acids is 2. The number of rotatable bonds is 4. The van der Waals surface area contributed by atoms with Gasteiger partial charge in [0, 0.05) is 17.8 Å². The van der Waals surface area contributed by atoms with Gasteiger partial charge in [-0.1, -0.05) is 49.0 Å². The van der Waals surface area contributed by atoms with E-state index in [0.717, 1.165) is 29.2 Å². The Balaban J connectivity index is 1.24. The number of piperidine rings is 1. The molecule has 2 amide bonds. The summed E-state index contributed by atoms with van der Waals surface area (Å²) in [6.07, 6.45) is 7.50. The Hall–Kier alpha value is -2.88. The maximum absolute atomic E-state index is 13.0. The molecule has 4 heteroatoms. The first-order chi connectivity index (χ1) is 15.1. The van der Waals surface area contributed by atoms with Crippen LogP contribution in [0.2, 0.25) is 0 Å². The van der Waals surface area contributed by atoms with E-state index in [-0.39, 0.29) is 17.9 Å². The lowest BCUT2D eigenvalue weighted by Crippen LogP contribution is -2.49. The number of carbonyl (C=O) groups is 2. The second-order valence-electron chi connectivity index (χ2n) is 9.40. The van der Waals surface area contributed by atoms with Crippen molar-refractivity contribution >= 4 is 11.8 Å². The summed E-state index contributed by atoms with van der Waals surface area (Å²) in [7, 11) is 0. The number of nitrogens with zero attached hydrogens (tertiary/aromatic N) is 1. The van der Waals surface area contributed by atoms with Gasteiger partial charge in [0.05, 0.1) is 0 Å². The van der Waals surface area contributed by atoms with Gasteiger partial charge >= 0.3 is 0 Å². The number of nitrogens with one attached hydrogen (secondary N) is 1. The number of hydrogen-bond donors (Lipinski definition) is 1. The van der Waals surface area contributed by atoms with Gasteiger partial charge in [0.25, 0.3) is 5.91 Å². The average Bonchev–Trinajstić information content (AvgIpc) is 3.10. The molecule has 1 saturated heterocycles. The number of amides is 2. The molecule has 2 aromatic rings. The van der Waals surface area contributed by atoms with E-state index in [1.807, 2.05) is 6.07 Å².